The number of aromatic nitrogens is 4. The summed E-state index contributed by atoms with van der Waals surface area (Å²) >= 11 is 3.34. The summed E-state index contributed by atoms with van der Waals surface area (Å²) in [6.07, 6.45) is 0. The Labute approximate surface area is 213 Å². The quantitative estimate of drug-likeness (QED) is 0.291. The standard InChI is InChI=1S/C15H14N2O2.C12H11BrN2O/c1-11-9-13(19-2)10-15(16-11)14-7-3-5-12(17-14)6-4-8-18;1-8-6-9(16-2)7-11(14-8)10-4-3-5-12(13)15-10/h3,5,7,9-10,18H,8H2,1-2H3;3-7H,1-2H3. The van der Waals surface area contributed by atoms with Gasteiger partial charge < -0.3 is 14.6 Å². The number of aliphatic hydroxyl groups excluding tert-OH is 1. The molecule has 35 heavy (non-hydrogen) atoms. The Morgan fingerprint density at radius 2 is 1.29 bits per heavy atom. The Balaban J connectivity index is 0.000000198. The van der Waals surface area contributed by atoms with Crippen LogP contribution in [0.15, 0.2) is 65.3 Å². The lowest BCUT2D eigenvalue weighted by Crippen LogP contribution is -1.94. The minimum Gasteiger partial charge on any atom is -0.497 e. The van der Waals surface area contributed by atoms with Crippen molar-refractivity contribution in [3.05, 3.63) is 82.3 Å². The van der Waals surface area contributed by atoms with E-state index in [-0.39, 0.29) is 6.61 Å². The van der Waals surface area contributed by atoms with Gasteiger partial charge in [0.25, 0.3) is 0 Å². The zero-order valence-corrected chi connectivity index (χ0v) is 21.5. The van der Waals surface area contributed by atoms with E-state index in [1.54, 1.807) is 20.3 Å². The van der Waals surface area contributed by atoms with Crippen LogP contribution in [0.1, 0.15) is 17.1 Å². The molecular weight excluding hydrogens is 508 g/mol. The van der Waals surface area contributed by atoms with Crippen molar-refractivity contribution in [2.24, 2.45) is 0 Å². The Hall–Kier alpha value is -3.80. The Morgan fingerprint density at radius 3 is 1.80 bits per heavy atom. The van der Waals surface area contributed by atoms with Crippen molar-refractivity contribution in [3.63, 3.8) is 0 Å². The van der Waals surface area contributed by atoms with Gasteiger partial charge in [0.1, 0.15) is 28.4 Å². The largest absolute Gasteiger partial charge is 0.497 e. The molecular formula is C27H25BrN4O3. The van der Waals surface area contributed by atoms with Crippen LogP contribution in [-0.4, -0.2) is 45.9 Å². The first kappa shape index (κ1) is 25.8. The van der Waals surface area contributed by atoms with Crippen LogP contribution in [0, 0.1) is 25.7 Å². The molecule has 7 nitrogen and oxygen atoms in total. The molecule has 0 unspecified atom stereocenters. The van der Waals surface area contributed by atoms with Gasteiger partial charge in [-0.25, -0.2) is 9.97 Å². The first-order chi connectivity index (χ1) is 16.9. The number of hydrogen-bond acceptors (Lipinski definition) is 7. The van der Waals surface area contributed by atoms with Gasteiger partial charge in [0.05, 0.1) is 37.0 Å². The molecule has 4 heterocycles. The number of aliphatic hydroxyl groups is 1. The van der Waals surface area contributed by atoms with E-state index in [1.165, 1.54) is 0 Å². The summed E-state index contributed by atoms with van der Waals surface area (Å²) in [5.74, 6) is 6.89. The highest BCUT2D eigenvalue weighted by molar-refractivity contribution is 9.10. The average Bonchev–Trinajstić information content (AvgIpc) is 2.87. The first-order valence-corrected chi connectivity index (χ1v) is 11.5. The molecule has 0 saturated carbocycles. The molecule has 0 atom stereocenters. The summed E-state index contributed by atoms with van der Waals surface area (Å²) < 4.78 is 11.2. The van der Waals surface area contributed by atoms with Crippen LogP contribution < -0.4 is 9.47 Å². The molecule has 8 heteroatoms. The van der Waals surface area contributed by atoms with Gasteiger partial charge in [0.15, 0.2) is 0 Å². The molecule has 0 spiro atoms. The number of halogens is 1. The van der Waals surface area contributed by atoms with Crippen LogP contribution in [0.25, 0.3) is 22.8 Å². The van der Waals surface area contributed by atoms with Gasteiger partial charge >= 0.3 is 0 Å². The number of hydrogen-bond donors (Lipinski definition) is 1. The van der Waals surface area contributed by atoms with Crippen LogP contribution >= 0.6 is 15.9 Å². The van der Waals surface area contributed by atoms with Crippen molar-refractivity contribution in [1.29, 1.82) is 0 Å². The molecule has 0 aliphatic heterocycles. The van der Waals surface area contributed by atoms with E-state index in [1.807, 2.05) is 68.4 Å². The zero-order valence-electron chi connectivity index (χ0n) is 19.9. The van der Waals surface area contributed by atoms with Gasteiger partial charge in [-0.1, -0.05) is 18.1 Å². The first-order valence-electron chi connectivity index (χ1n) is 10.7. The summed E-state index contributed by atoms with van der Waals surface area (Å²) in [6, 6.07) is 18.7. The summed E-state index contributed by atoms with van der Waals surface area (Å²) in [4.78, 5) is 17.6. The lowest BCUT2D eigenvalue weighted by atomic mass is 10.2. The van der Waals surface area contributed by atoms with Gasteiger partial charge in [0.2, 0.25) is 0 Å². The van der Waals surface area contributed by atoms with Crippen LogP contribution in [0.4, 0.5) is 0 Å². The van der Waals surface area contributed by atoms with Crippen molar-refractivity contribution in [1.82, 2.24) is 19.9 Å². The Kier molecular flexibility index (Phi) is 9.30. The van der Waals surface area contributed by atoms with Crippen molar-refractivity contribution in [2.75, 3.05) is 20.8 Å². The Morgan fingerprint density at radius 1 is 0.743 bits per heavy atom. The van der Waals surface area contributed by atoms with Crippen LogP contribution in [0.3, 0.4) is 0 Å². The van der Waals surface area contributed by atoms with Crippen LogP contribution in [0.5, 0.6) is 11.5 Å². The highest BCUT2D eigenvalue weighted by atomic mass is 79.9. The van der Waals surface area contributed by atoms with E-state index in [4.69, 9.17) is 14.6 Å². The fraction of sp³-hybridized carbons (Fsp3) is 0.185. The van der Waals surface area contributed by atoms with Crippen molar-refractivity contribution >= 4 is 15.9 Å². The maximum atomic E-state index is 8.69. The third-order valence-electron chi connectivity index (χ3n) is 4.61. The number of rotatable bonds is 4. The van der Waals surface area contributed by atoms with Gasteiger partial charge in [-0.15, -0.1) is 0 Å². The molecule has 4 aromatic heterocycles. The summed E-state index contributed by atoms with van der Waals surface area (Å²) in [7, 11) is 3.27. The van der Waals surface area contributed by atoms with E-state index >= 15 is 0 Å². The molecule has 0 aromatic carbocycles. The lowest BCUT2D eigenvalue weighted by molar-refractivity contribution is 0.350. The minimum absolute atomic E-state index is 0.178. The topological polar surface area (TPSA) is 90.3 Å². The second kappa shape index (κ2) is 12.6. The van der Waals surface area contributed by atoms with Crippen molar-refractivity contribution < 1.29 is 14.6 Å². The molecule has 0 aliphatic carbocycles. The van der Waals surface area contributed by atoms with Gasteiger partial charge in [-0.05, 0) is 60.0 Å². The van der Waals surface area contributed by atoms with E-state index < -0.39 is 0 Å². The van der Waals surface area contributed by atoms with Gasteiger partial charge in [0, 0.05) is 35.7 Å². The highest BCUT2D eigenvalue weighted by Gasteiger charge is 2.06. The molecule has 4 rings (SSSR count). The molecule has 178 valence electrons. The maximum Gasteiger partial charge on any atom is 0.122 e. The SMILES string of the molecule is COc1cc(C)nc(-c2cccc(Br)n2)c1.COc1cc(C)nc(-c2cccc(C#CCO)n2)c1. The molecule has 0 amide bonds. The number of aryl methyl sites for hydroxylation is 2. The molecule has 0 radical (unpaired) electrons. The minimum atomic E-state index is -0.178. The van der Waals surface area contributed by atoms with Gasteiger partial charge in [-0.2, -0.15) is 0 Å². The summed E-state index contributed by atoms with van der Waals surface area (Å²) in [6.45, 7) is 3.66. The highest BCUT2D eigenvalue weighted by Crippen LogP contribution is 2.23. The van der Waals surface area contributed by atoms with E-state index in [0.717, 1.165) is 50.3 Å². The van der Waals surface area contributed by atoms with Gasteiger partial charge in [-0.3, -0.25) is 9.97 Å². The summed E-state index contributed by atoms with van der Waals surface area (Å²) in [5.41, 5.74) is 5.50. The monoisotopic (exact) mass is 532 g/mol. The number of pyridine rings is 4. The normalized spacial score (nSPS) is 9.89. The van der Waals surface area contributed by atoms with Crippen molar-refractivity contribution in [3.8, 4) is 46.1 Å². The molecule has 4 aromatic rings. The van der Waals surface area contributed by atoms with Crippen LogP contribution in [-0.2, 0) is 0 Å². The molecule has 0 fully saturated rings. The predicted molar refractivity (Wildman–Crippen MR) is 139 cm³/mol. The van der Waals surface area contributed by atoms with E-state index in [2.05, 4.69) is 47.7 Å². The molecule has 1 N–H and O–H groups in total. The third kappa shape index (κ3) is 7.60. The lowest BCUT2D eigenvalue weighted by Gasteiger charge is -2.05. The predicted octanol–water partition coefficient (Wildman–Crippen LogP) is 5.03. The second-order valence-electron chi connectivity index (χ2n) is 7.28. The van der Waals surface area contributed by atoms with Crippen molar-refractivity contribution in [2.45, 2.75) is 13.8 Å². The molecule has 0 aliphatic rings. The van der Waals surface area contributed by atoms with Crippen LogP contribution in [0.2, 0.25) is 0 Å². The fourth-order valence-electron chi connectivity index (χ4n) is 3.10. The number of nitrogens with zero attached hydrogens (tertiary/aromatic N) is 4. The zero-order chi connectivity index (χ0) is 25.2. The fourth-order valence-corrected chi connectivity index (χ4v) is 3.44. The smallest absolute Gasteiger partial charge is 0.122 e. The molecule has 0 bridgehead atoms. The molecule has 0 saturated heterocycles. The number of methoxy groups -OCH3 is 2. The summed E-state index contributed by atoms with van der Waals surface area (Å²) in [5, 5.41) is 8.69. The maximum absolute atomic E-state index is 8.69. The van der Waals surface area contributed by atoms with E-state index in [9.17, 15) is 0 Å². The average molecular weight is 533 g/mol. The second-order valence-corrected chi connectivity index (χ2v) is 8.09. The number of ether oxygens (including phenoxy) is 2. The van der Waals surface area contributed by atoms with E-state index in [0.29, 0.717) is 5.69 Å². The third-order valence-corrected chi connectivity index (χ3v) is 5.05. The Bertz CT molecular complexity index is 1370.